The summed E-state index contributed by atoms with van der Waals surface area (Å²) in [4.78, 5) is 126. The van der Waals surface area contributed by atoms with Gasteiger partial charge in [-0.1, -0.05) is 92.7 Å². The van der Waals surface area contributed by atoms with E-state index in [1.807, 2.05) is 27.7 Å². The number of aliphatic hydroxyl groups is 1. The van der Waals surface area contributed by atoms with Crippen LogP contribution in [0, 0.1) is 48.3 Å². The third-order valence-corrected chi connectivity index (χ3v) is 19.8. The first-order chi connectivity index (χ1) is 43.7. The number of alkyl carbamates (subject to hydrolysis) is 1. The smallest absolute Gasteiger partial charge is 0.410 e. The van der Waals surface area contributed by atoms with E-state index in [2.05, 4.69) is 34.4 Å². The second kappa shape index (κ2) is 30.6. The van der Waals surface area contributed by atoms with Crippen molar-refractivity contribution in [2.75, 3.05) is 51.9 Å². The van der Waals surface area contributed by atoms with Gasteiger partial charge in [-0.15, -0.1) is 0 Å². The van der Waals surface area contributed by atoms with E-state index in [-0.39, 0.29) is 100 Å². The number of hydrogen-bond acceptors (Lipinski definition) is 20. The number of aliphatic hydroxyl groups excluding tert-OH is 1. The van der Waals surface area contributed by atoms with Crippen molar-refractivity contribution in [2.45, 2.75) is 157 Å². The third-order valence-electron chi connectivity index (χ3n) is 18.5. The van der Waals surface area contributed by atoms with Crippen LogP contribution in [-0.4, -0.2) is 159 Å². The standard InChI is InChI=1S/C67H91N6O19P/c1-14-49(75)88-35-89-65(83)68-48(31-45-20-22-46(23-21-45)87-29-16-19-47(34-74)93(84,85)86)64(82)72(13)33-50(76)91-60-38(5)17-15-18-39(6)63(81)69-56-55-54(70-67(71-55)25-27-73(28-26-67)32-36(2)3)51-52(59(56)79)58(78)44(11)61-53(51)62(80)66(12,92-61)90-30-24-37(4)40(7)41(8)42(9)57(77)43(60)10/h15,17-18,20-24,30,34,36-38,40-43,47-48,57,60,70,77-79H,14,16,19,25-29,31-33,35H2,1-13H3,(H,68,83)(H2,84,85,86)/b17-15+,30-24+,39-18-,69-56?/t37-,38-,40+,41+,42-,43-,47?,48-,57-,60-,66-/m0/s1. The molecule has 5 aliphatic heterocycles. The molecule has 26 heteroatoms. The van der Waals surface area contributed by atoms with Gasteiger partial charge in [-0.05, 0) is 80.1 Å². The molecule has 5 bridgehead atoms. The number of benzene rings is 3. The summed E-state index contributed by atoms with van der Waals surface area (Å²) in [7, 11) is -3.28. The van der Waals surface area contributed by atoms with Gasteiger partial charge in [-0.25, -0.2) is 9.79 Å². The predicted molar refractivity (Wildman–Crippen MR) is 343 cm³/mol. The third kappa shape index (κ3) is 17.0. The Morgan fingerprint density at radius 1 is 0.914 bits per heavy atom. The van der Waals surface area contributed by atoms with E-state index in [1.54, 1.807) is 70.2 Å². The van der Waals surface area contributed by atoms with Gasteiger partial charge in [0.15, 0.2) is 5.75 Å². The zero-order valence-electron chi connectivity index (χ0n) is 55.3. The van der Waals surface area contributed by atoms with Gasteiger partial charge in [0.1, 0.15) is 64.3 Å². The monoisotopic (exact) mass is 1310 g/mol. The molecule has 1 unspecified atom stereocenters. The van der Waals surface area contributed by atoms with E-state index in [0.717, 1.165) is 11.4 Å². The fraction of sp³-hybridized carbons (Fsp3) is 0.567. The van der Waals surface area contributed by atoms with Crippen molar-refractivity contribution in [1.29, 1.82) is 0 Å². The molecule has 1 spiro atoms. The number of likely N-dealkylation sites (tertiary alicyclic amines) is 1. The molecule has 5 heterocycles. The van der Waals surface area contributed by atoms with Crippen molar-refractivity contribution in [3.05, 3.63) is 87.8 Å². The lowest BCUT2D eigenvalue weighted by Gasteiger charge is -2.38. The lowest BCUT2D eigenvalue weighted by atomic mass is 9.72. The molecule has 93 heavy (non-hydrogen) atoms. The fourth-order valence-corrected chi connectivity index (χ4v) is 13.0. The zero-order valence-corrected chi connectivity index (χ0v) is 56.2. The number of rotatable bonds is 19. The van der Waals surface area contributed by atoms with Gasteiger partial charge in [0.2, 0.25) is 12.7 Å². The highest BCUT2D eigenvalue weighted by molar-refractivity contribution is 7.53. The number of esters is 2. The number of carbonyl (C=O) groups excluding carboxylic acids is 7. The molecule has 0 radical (unpaired) electrons. The summed E-state index contributed by atoms with van der Waals surface area (Å²) >= 11 is 0. The van der Waals surface area contributed by atoms with Crippen LogP contribution >= 0.6 is 7.60 Å². The van der Waals surface area contributed by atoms with Crippen LogP contribution in [0.2, 0.25) is 0 Å². The van der Waals surface area contributed by atoms with Crippen LogP contribution in [-0.2, 0) is 53.9 Å². The number of fused-ring (bicyclic) bond motifs is 13. The van der Waals surface area contributed by atoms with Crippen molar-refractivity contribution in [1.82, 2.24) is 15.1 Å². The first kappa shape index (κ1) is 72.7. The summed E-state index contributed by atoms with van der Waals surface area (Å²) in [5, 5.41) is 42.7. The maximum atomic E-state index is 14.9. The molecule has 508 valence electrons. The number of ketones is 1. The second-order valence-corrected chi connectivity index (χ2v) is 27.7. The number of allylic oxidation sites excluding steroid dienone is 3. The topological polar surface area (TPSA) is 348 Å². The summed E-state index contributed by atoms with van der Waals surface area (Å²) in [5.74, 6) is -8.05. The summed E-state index contributed by atoms with van der Waals surface area (Å²) in [6.45, 7) is 22.7. The SMILES string of the molecule is CCC(=O)OCOC(=O)N[C@@H](Cc1ccc(OCCCC(C=O)P(=O)(O)O)cc1)C(=O)N(C)CC(=O)O[C@@H]1[C@@H](C)[C@@H](O)[C@@H](C)[C@H](C)[C@H](C)[C@@H](C)/C=C/O[C@@]2(C)Oc3c(C)c(O)c4c(O)c(c5c(c4c3C2=O)NC2(CCN(CC(C)C)CC2)N=5)=NC(=O)/C(C)=C\C=C\[C@@H]1C. The molecular formula is C67H91N6O19P. The Hall–Kier alpha value is -7.70. The van der Waals surface area contributed by atoms with Crippen molar-refractivity contribution in [3.63, 3.8) is 0 Å². The number of ether oxygens (including phenoxy) is 6. The van der Waals surface area contributed by atoms with Crippen molar-refractivity contribution in [3.8, 4) is 23.0 Å². The summed E-state index contributed by atoms with van der Waals surface area (Å²) in [5.41, 5.74) is -1.25. The van der Waals surface area contributed by atoms with Crippen molar-refractivity contribution in [2.24, 2.45) is 51.4 Å². The van der Waals surface area contributed by atoms with E-state index >= 15 is 0 Å². The van der Waals surface area contributed by atoms with Crippen LogP contribution in [0.25, 0.3) is 10.8 Å². The van der Waals surface area contributed by atoms with Gasteiger partial charge in [0, 0.05) is 87.6 Å². The van der Waals surface area contributed by atoms with Gasteiger partial charge >= 0.3 is 31.4 Å². The van der Waals surface area contributed by atoms with Crippen LogP contribution in [0.4, 0.5) is 10.5 Å². The summed E-state index contributed by atoms with van der Waals surface area (Å²) in [6.07, 6.45) is 5.92. The van der Waals surface area contributed by atoms with E-state index < -0.39 is 121 Å². The lowest BCUT2D eigenvalue weighted by molar-refractivity contribution is -0.161. The minimum Gasteiger partial charge on any atom is -0.507 e. The average Bonchev–Trinajstić information content (AvgIpc) is 1.61. The fourth-order valence-electron chi connectivity index (χ4n) is 12.3. The number of aromatic hydroxyl groups is 2. The van der Waals surface area contributed by atoms with Crippen LogP contribution in [0.5, 0.6) is 23.0 Å². The number of amides is 3. The second-order valence-electron chi connectivity index (χ2n) is 25.8. The van der Waals surface area contributed by atoms with Gasteiger partial charge in [0.25, 0.3) is 11.7 Å². The first-order valence-corrected chi connectivity index (χ1v) is 33.4. The number of Topliss-reactive ketones (excluding diaryl/α,β-unsaturated/α-hetero) is 1. The van der Waals surface area contributed by atoms with Crippen LogP contribution in [0.15, 0.2) is 70.4 Å². The molecule has 1 saturated heterocycles. The molecular weight excluding hydrogens is 1220 g/mol. The van der Waals surface area contributed by atoms with E-state index in [0.29, 0.717) is 48.8 Å². The lowest BCUT2D eigenvalue weighted by Crippen LogP contribution is -2.50. The molecule has 0 saturated carbocycles. The first-order valence-electron chi connectivity index (χ1n) is 31.7. The van der Waals surface area contributed by atoms with Crippen molar-refractivity contribution < 1.29 is 91.7 Å². The number of phenols is 2. The van der Waals surface area contributed by atoms with E-state index in [4.69, 9.17) is 33.4 Å². The number of carbonyl (C=O) groups is 7. The van der Waals surface area contributed by atoms with Gasteiger partial charge in [-0.3, -0.25) is 33.5 Å². The highest BCUT2D eigenvalue weighted by atomic mass is 31.2. The number of hydrogen-bond donors (Lipinski definition) is 7. The zero-order chi connectivity index (χ0) is 68.6. The Bertz CT molecular complexity index is 3580. The molecule has 7 N–H and O–H groups in total. The van der Waals surface area contributed by atoms with Crippen molar-refractivity contribution >= 4 is 66.0 Å². The Morgan fingerprint density at radius 2 is 1.59 bits per heavy atom. The minimum absolute atomic E-state index is 0.0123. The molecule has 8 rings (SSSR count). The number of likely N-dealkylation sites (N-methyl/N-ethyl adjacent to an activating group) is 1. The van der Waals surface area contributed by atoms with Gasteiger partial charge < -0.3 is 78.8 Å². The maximum Gasteiger partial charge on any atom is 0.410 e. The number of piperidine rings is 1. The Labute approximate surface area is 541 Å². The number of nitrogens with zero attached hydrogens (tertiary/aromatic N) is 4. The van der Waals surface area contributed by atoms with Crippen LogP contribution in [0.3, 0.4) is 0 Å². The molecule has 0 aromatic heterocycles. The molecule has 11 atom stereocenters. The van der Waals surface area contributed by atoms with Crippen LogP contribution in [0.1, 0.15) is 130 Å². The highest BCUT2D eigenvalue weighted by Crippen LogP contribution is 2.51. The Balaban J connectivity index is 1.20. The predicted octanol–water partition coefficient (Wildman–Crippen LogP) is 7.24. The Morgan fingerprint density at radius 3 is 2.23 bits per heavy atom. The molecule has 1 fully saturated rings. The van der Waals surface area contributed by atoms with Gasteiger partial charge in [-0.2, -0.15) is 0 Å². The number of anilines is 1. The minimum atomic E-state index is -4.61. The largest absolute Gasteiger partial charge is 0.507 e. The van der Waals surface area contributed by atoms with E-state index in [9.17, 15) is 63.2 Å². The molecule has 3 amide bonds. The Kier molecular flexibility index (Phi) is 23.9. The number of nitrogens with one attached hydrogen (secondary N) is 2. The number of phenolic OH excluding ortho intramolecular Hbond substituents is 2. The number of aldehydes is 1. The summed E-state index contributed by atoms with van der Waals surface area (Å²) < 4.78 is 46.1. The summed E-state index contributed by atoms with van der Waals surface area (Å²) in [6, 6.07) is 4.98. The van der Waals surface area contributed by atoms with Crippen LogP contribution < -0.4 is 30.8 Å². The maximum absolute atomic E-state index is 14.9. The molecule has 0 aliphatic carbocycles. The highest BCUT2D eigenvalue weighted by Gasteiger charge is 2.51. The van der Waals surface area contributed by atoms with E-state index in [1.165, 1.54) is 33.2 Å². The quantitative estimate of drug-likeness (QED) is 0.0155. The molecule has 5 aliphatic rings. The normalized spacial score (nSPS) is 26.0. The average molecular weight is 1320 g/mol. The van der Waals surface area contributed by atoms with Gasteiger partial charge in [0.05, 0.1) is 35.6 Å². The molecule has 3 aromatic rings. The molecule has 25 nitrogen and oxygen atoms in total. The molecule has 3 aromatic carbocycles.